The molecule has 4 aromatic rings. The van der Waals surface area contributed by atoms with Crippen molar-refractivity contribution < 1.29 is 4.79 Å². The average molecular weight is 366 g/mol. The number of carbonyl (C=O) groups excluding carboxylic acids is 1. The lowest BCUT2D eigenvalue weighted by Crippen LogP contribution is -2.16. The second-order valence-electron chi connectivity index (χ2n) is 6.57. The van der Waals surface area contributed by atoms with Gasteiger partial charge in [-0.3, -0.25) is 9.48 Å². The van der Waals surface area contributed by atoms with Gasteiger partial charge in [0, 0.05) is 35.4 Å². The van der Waals surface area contributed by atoms with Crippen molar-refractivity contribution in [3.05, 3.63) is 77.6 Å². The van der Waals surface area contributed by atoms with Gasteiger partial charge < -0.3 is 5.32 Å². The maximum atomic E-state index is 12.4. The number of fused-ring (bicyclic) bond motifs is 1. The molecule has 4 rings (SSSR count). The minimum atomic E-state index is -0.191. The first kappa shape index (κ1) is 17.5. The number of nitrogens with one attached hydrogen (secondary N) is 1. The Kier molecular flexibility index (Phi) is 4.38. The lowest BCUT2D eigenvalue weighted by molar-refractivity contribution is 0.101. The number of aromatic nitrogens is 3. The summed E-state index contributed by atoms with van der Waals surface area (Å²) in [5, 5.41) is 7.97. The summed E-state index contributed by atoms with van der Waals surface area (Å²) >= 11 is 0. The number of rotatable bonds is 3. The van der Waals surface area contributed by atoms with Gasteiger partial charge in [-0.15, -0.1) is 6.42 Å². The summed E-state index contributed by atoms with van der Waals surface area (Å²) in [7, 11) is 1.74. The van der Waals surface area contributed by atoms with Gasteiger partial charge in [-0.05, 0) is 55.0 Å². The van der Waals surface area contributed by atoms with E-state index >= 15 is 0 Å². The minimum Gasteiger partial charge on any atom is -0.320 e. The topological polar surface area (TPSA) is 59.8 Å². The van der Waals surface area contributed by atoms with Crippen LogP contribution in [-0.2, 0) is 7.05 Å². The molecule has 2 aromatic carbocycles. The van der Waals surface area contributed by atoms with Crippen LogP contribution in [0.5, 0.6) is 0 Å². The largest absolute Gasteiger partial charge is 0.320 e. The quantitative estimate of drug-likeness (QED) is 0.554. The Morgan fingerprint density at radius 1 is 1.11 bits per heavy atom. The molecular formula is C23H18N4O. The minimum absolute atomic E-state index is 0.191. The number of hydrogen-bond acceptors (Lipinski definition) is 3. The fourth-order valence-corrected chi connectivity index (χ4v) is 3.12. The monoisotopic (exact) mass is 366 g/mol. The van der Waals surface area contributed by atoms with Crippen molar-refractivity contribution in [1.82, 2.24) is 14.8 Å². The van der Waals surface area contributed by atoms with E-state index in [1.54, 1.807) is 24.0 Å². The third-order valence-electron chi connectivity index (χ3n) is 4.68. The molecular weight excluding hydrogens is 348 g/mol. The molecule has 0 radical (unpaired) electrons. The summed E-state index contributed by atoms with van der Waals surface area (Å²) in [6.45, 7) is 1.96. The fourth-order valence-electron chi connectivity index (χ4n) is 3.12. The Bertz CT molecular complexity index is 1250. The van der Waals surface area contributed by atoms with Crippen LogP contribution in [0.1, 0.15) is 21.6 Å². The maximum absolute atomic E-state index is 12.4. The highest BCUT2D eigenvalue weighted by atomic mass is 16.2. The van der Waals surface area contributed by atoms with Crippen molar-refractivity contribution in [2.75, 3.05) is 5.32 Å². The summed E-state index contributed by atoms with van der Waals surface area (Å²) in [6, 6.07) is 17.3. The van der Waals surface area contributed by atoms with E-state index in [-0.39, 0.29) is 5.91 Å². The molecule has 0 aliphatic carbocycles. The molecule has 1 N–H and O–H groups in total. The van der Waals surface area contributed by atoms with Crippen LogP contribution in [0.3, 0.4) is 0 Å². The molecule has 0 atom stereocenters. The second kappa shape index (κ2) is 7.01. The van der Waals surface area contributed by atoms with E-state index in [0.717, 1.165) is 39.0 Å². The molecule has 0 spiro atoms. The van der Waals surface area contributed by atoms with Gasteiger partial charge in [-0.25, -0.2) is 4.98 Å². The molecule has 5 heteroatoms. The van der Waals surface area contributed by atoms with Crippen LogP contribution in [-0.4, -0.2) is 20.7 Å². The van der Waals surface area contributed by atoms with Crippen LogP contribution < -0.4 is 5.32 Å². The normalized spacial score (nSPS) is 10.6. The van der Waals surface area contributed by atoms with Crippen LogP contribution >= 0.6 is 0 Å². The van der Waals surface area contributed by atoms with Crippen LogP contribution in [0.25, 0.3) is 22.2 Å². The van der Waals surface area contributed by atoms with Crippen LogP contribution in [0, 0.1) is 19.3 Å². The van der Waals surface area contributed by atoms with Crippen molar-refractivity contribution in [3.8, 4) is 23.6 Å². The average Bonchev–Trinajstić information content (AvgIpc) is 3.14. The van der Waals surface area contributed by atoms with E-state index in [0.29, 0.717) is 5.69 Å². The molecule has 0 aliphatic heterocycles. The summed E-state index contributed by atoms with van der Waals surface area (Å²) in [5.41, 5.74) is 5.81. The molecule has 5 nitrogen and oxygen atoms in total. The molecule has 2 heterocycles. The SMILES string of the molecule is C#Cc1ccc2nc(-c3ccc(NC(=O)c4ccnn4C)c(C)c3)ccc2c1. The molecule has 0 fully saturated rings. The van der Waals surface area contributed by atoms with E-state index < -0.39 is 0 Å². The van der Waals surface area contributed by atoms with E-state index in [1.807, 2.05) is 55.5 Å². The molecule has 0 aliphatic rings. The first-order valence-electron chi connectivity index (χ1n) is 8.83. The summed E-state index contributed by atoms with van der Waals surface area (Å²) in [5.74, 6) is 2.45. The lowest BCUT2D eigenvalue weighted by Gasteiger charge is -2.11. The number of terminal acetylenes is 1. The molecule has 0 bridgehead atoms. The Labute approximate surface area is 163 Å². The molecule has 1 amide bonds. The molecule has 136 valence electrons. The summed E-state index contributed by atoms with van der Waals surface area (Å²) in [6.07, 6.45) is 7.06. The van der Waals surface area contributed by atoms with Gasteiger partial charge in [0.2, 0.25) is 0 Å². The molecule has 2 aromatic heterocycles. The number of nitrogens with zero attached hydrogens (tertiary/aromatic N) is 3. The van der Waals surface area contributed by atoms with Crippen LogP contribution in [0.15, 0.2) is 60.8 Å². The van der Waals surface area contributed by atoms with Crippen LogP contribution in [0.4, 0.5) is 5.69 Å². The van der Waals surface area contributed by atoms with E-state index in [9.17, 15) is 4.79 Å². The Balaban J connectivity index is 1.62. The molecule has 0 saturated carbocycles. The maximum Gasteiger partial charge on any atom is 0.273 e. The van der Waals surface area contributed by atoms with E-state index in [1.165, 1.54) is 0 Å². The fraction of sp³-hybridized carbons (Fsp3) is 0.0870. The predicted octanol–water partition coefficient (Wildman–Crippen LogP) is 4.18. The van der Waals surface area contributed by atoms with Gasteiger partial charge in [0.05, 0.1) is 11.2 Å². The predicted molar refractivity (Wildman–Crippen MR) is 111 cm³/mol. The van der Waals surface area contributed by atoms with Gasteiger partial charge in [0.1, 0.15) is 5.69 Å². The highest BCUT2D eigenvalue weighted by Crippen LogP contribution is 2.26. The number of amides is 1. The van der Waals surface area contributed by atoms with Gasteiger partial charge in [0.25, 0.3) is 5.91 Å². The standard InChI is InChI=1S/C23H18N4O/c1-4-16-5-8-20-18(14-16)7-10-21(25-20)17-6-9-19(15(2)13-17)26-23(28)22-11-12-24-27(22)3/h1,5-14H,2-3H3,(H,26,28). The van der Waals surface area contributed by atoms with Gasteiger partial charge in [0.15, 0.2) is 0 Å². The number of hydrogen-bond donors (Lipinski definition) is 1. The zero-order chi connectivity index (χ0) is 19.7. The molecule has 0 saturated heterocycles. The number of aryl methyl sites for hydroxylation is 2. The number of pyridine rings is 1. The third kappa shape index (κ3) is 3.24. The zero-order valence-electron chi connectivity index (χ0n) is 15.6. The number of carbonyl (C=O) groups is 1. The highest BCUT2D eigenvalue weighted by molar-refractivity contribution is 6.03. The number of anilines is 1. The van der Waals surface area contributed by atoms with E-state index in [2.05, 4.69) is 16.3 Å². The second-order valence-corrected chi connectivity index (χ2v) is 6.57. The first-order chi connectivity index (χ1) is 13.5. The first-order valence-corrected chi connectivity index (χ1v) is 8.83. The van der Waals surface area contributed by atoms with Crippen molar-refractivity contribution in [1.29, 1.82) is 0 Å². The Morgan fingerprint density at radius 2 is 1.96 bits per heavy atom. The third-order valence-corrected chi connectivity index (χ3v) is 4.68. The van der Waals surface area contributed by atoms with Gasteiger partial charge in [-0.1, -0.05) is 18.1 Å². The van der Waals surface area contributed by atoms with Crippen molar-refractivity contribution in [2.45, 2.75) is 6.92 Å². The Morgan fingerprint density at radius 3 is 2.68 bits per heavy atom. The Hall–Kier alpha value is -3.91. The van der Waals surface area contributed by atoms with Crippen LogP contribution in [0.2, 0.25) is 0 Å². The van der Waals surface area contributed by atoms with Gasteiger partial charge >= 0.3 is 0 Å². The van der Waals surface area contributed by atoms with Crippen molar-refractivity contribution in [3.63, 3.8) is 0 Å². The zero-order valence-corrected chi connectivity index (χ0v) is 15.6. The smallest absolute Gasteiger partial charge is 0.273 e. The number of benzene rings is 2. The molecule has 0 unspecified atom stereocenters. The van der Waals surface area contributed by atoms with E-state index in [4.69, 9.17) is 11.4 Å². The lowest BCUT2D eigenvalue weighted by atomic mass is 10.0. The van der Waals surface area contributed by atoms with Gasteiger partial charge in [-0.2, -0.15) is 5.10 Å². The summed E-state index contributed by atoms with van der Waals surface area (Å²) < 4.78 is 1.55. The summed E-state index contributed by atoms with van der Waals surface area (Å²) in [4.78, 5) is 17.1. The highest BCUT2D eigenvalue weighted by Gasteiger charge is 2.12. The molecule has 28 heavy (non-hydrogen) atoms. The van der Waals surface area contributed by atoms with Crippen molar-refractivity contribution in [2.24, 2.45) is 7.05 Å². The van der Waals surface area contributed by atoms with Crippen molar-refractivity contribution >= 4 is 22.5 Å².